The molecule has 2 aliphatic carbocycles. The first-order valence-electron chi connectivity index (χ1n) is 10.7. The molecule has 0 spiro atoms. The zero-order chi connectivity index (χ0) is 19.6. The minimum Gasteiger partial charge on any atom is -0.336 e. The number of amides is 1. The molecule has 1 amide bonds. The molecule has 1 N–H and O–H groups in total. The first kappa shape index (κ1) is 19.9. The van der Waals surface area contributed by atoms with Gasteiger partial charge in [-0.15, -0.1) is 0 Å². The number of rotatable bonds is 5. The number of hydrogen-bond acceptors (Lipinski definition) is 4. The number of nitrogens with zero attached hydrogens (tertiary/aromatic N) is 2. The van der Waals surface area contributed by atoms with Gasteiger partial charge < -0.3 is 4.90 Å². The van der Waals surface area contributed by atoms with Gasteiger partial charge in [0.2, 0.25) is 10.0 Å². The normalized spacial score (nSPS) is 22.8. The summed E-state index contributed by atoms with van der Waals surface area (Å²) in [6.45, 7) is 3.37. The van der Waals surface area contributed by atoms with E-state index in [1.807, 2.05) is 4.90 Å². The predicted molar refractivity (Wildman–Crippen MR) is 109 cm³/mol. The lowest BCUT2D eigenvalue weighted by molar-refractivity contribution is 0.0573. The van der Waals surface area contributed by atoms with Crippen LogP contribution in [0.25, 0.3) is 0 Å². The maximum absolute atomic E-state index is 12.8. The highest BCUT2D eigenvalue weighted by molar-refractivity contribution is 7.89. The van der Waals surface area contributed by atoms with Crippen LogP contribution in [0, 0.1) is 0 Å². The van der Waals surface area contributed by atoms with E-state index in [0.29, 0.717) is 11.6 Å². The van der Waals surface area contributed by atoms with Gasteiger partial charge >= 0.3 is 0 Å². The summed E-state index contributed by atoms with van der Waals surface area (Å²) in [5, 5.41) is 0. The molecule has 0 aromatic heterocycles. The molecule has 154 valence electrons. The maximum atomic E-state index is 12.8. The van der Waals surface area contributed by atoms with Gasteiger partial charge in [0.25, 0.3) is 5.91 Å². The maximum Gasteiger partial charge on any atom is 0.253 e. The molecular weight excluding hydrogens is 374 g/mol. The summed E-state index contributed by atoms with van der Waals surface area (Å²) in [5.74, 6) is -0.00114. The molecule has 4 rings (SSSR count). The van der Waals surface area contributed by atoms with Crippen molar-refractivity contribution in [3.8, 4) is 0 Å². The number of sulfonamides is 1. The number of piperazine rings is 1. The van der Waals surface area contributed by atoms with Gasteiger partial charge in [0.05, 0.1) is 4.90 Å². The minimum absolute atomic E-state index is 0.00114. The third kappa shape index (κ3) is 4.42. The van der Waals surface area contributed by atoms with Crippen molar-refractivity contribution in [3.05, 3.63) is 29.8 Å². The molecule has 1 aromatic carbocycles. The van der Waals surface area contributed by atoms with Crippen LogP contribution in [-0.4, -0.2) is 62.4 Å². The fraction of sp³-hybridized carbons (Fsp3) is 0.667. The van der Waals surface area contributed by atoms with E-state index in [9.17, 15) is 13.2 Å². The van der Waals surface area contributed by atoms with Crippen LogP contribution in [0.5, 0.6) is 0 Å². The van der Waals surface area contributed by atoms with E-state index in [1.54, 1.807) is 24.3 Å². The summed E-state index contributed by atoms with van der Waals surface area (Å²) in [6, 6.07) is 7.15. The van der Waals surface area contributed by atoms with Gasteiger partial charge in [-0.1, -0.05) is 25.7 Å². The standard InChI is InChI=1S/C21H31N3O3S/c25-21(24-15-13-23(14-16-24)19-7-3-4-8-19)17-9-11-20(12-10-17)28(26,27)22-18-5-1-2-6-18/h9-12,18-19,22H,1-8,13-16H2. The Bertz CT molecular complexity index is 774. The summed E-state index contributed by atoms with van der Waals surface area (Å²) in [5.41, 5.74) is 0.564. The van der Waals surface area contributed by atoms with Gasteiger partial charge in [-0.2, -0.15) is 0 Å². The number of nitrogens with one attached hydrogen (secondary N) is 1. The molecule has 2 saturated carbocycles. The largest absolute Gasteiger partial charge is 0.336 e. The monoisotopic (exact) mass is 405 g/mol. The highest BCUT2D eigenvalue weighted by Gasteiger charge is 2.28. The zero-order valence-corrected chi connectivity index (χ0v) is 17.3. The molecule has 0 atom stereocenters. The van der Waals surface area contributed by atoms with Crippen molar-refractivity contribution >= 4 is 15.9 Å². The lowest BCUT2D eigenvalue weighted by atomic mass is 10.1. The zero-order valence-electron chi connectivity index (χ0n) is 16.5. The van der Waals surface area contributed by atoms with Crippen molar-refractivity contribution in [2.24, 2.45) is 0 Å². The fourth-order valence-electron chi connectivity index (χ4n) is 4.85. The average Bonchev–Trinajstić information content (AvgIpc) is 3.42. The molecule has 28 heavy (non-hydrogen) atoms. The highest BCUT2D eigenvalue weighted by Crippen LogP contribution is 2.25. The first-order chi connectivity index (χ1) is 13.5. The van der Waals surface area contributed by atoms with Crippen molar-refractivity contribution < 1.29 is 13.2 Å². The second kappa shape index (κ2) is 8.51. The van der Waals surface area contributed by atoms with Crippen LogP contribution in [0.4, 0.5) is 0 Å². The highest BCUT2D eigenvalue weighted by atomic mass is 32.2. The van der Waals surface area contributed by atoms with Crippen molar-refractivity contribution in [3.63, 3.8) is 0 Å². The van der Waals surface area contributed by atoms with Gasteiger partial charge in [-0.05, 0) is 49.9 Å². The molecule has 0 unspecified atom stereocenters. The smallest absolute Gasteiger partial charge is 0.253 e. The Morgan fingerprint density at radius 3 is 2.04 bits per heavy atom. The third-order valence-corrected chi connectivity index (χ3v) is 8.07. The molecule has 3 aliphatic rings. The van der Waals surface area contributed by atoms with Gasteiger partial charge in [0.15, 0.2) is 0 Å². The van der Waals surface area contributed by atoms with E-state index in [4.69, 9.17) is 0 Å². The molecule has 1 heterocycles. The second-order valence-electron chi connectivity index (χ2n) is 8.39. The predicted octanol–water partition coefficient (Wildman–Crippen LogP) is 2.61. The number of hydrogen-bond donors (Lipinski definition) is 1. The number of benzene rings is 1. The van der Waals surface area contributed by atoms with E-state index in [-0.39, 0.29) is 16.8 Å². The molecule has 7 heteroatoms. The summed E-state index contributed by atoms with van der Waals surface area (Å²) < 4.78 is 27.8. The van der Waals surface area contributed by atoms with E-state index < -0.39 is 10.0 Å². The summed E-state index contributed by atoms with van der Waals surface area (Å²) in [6.07, 6.45) is 9.20. The van der Waals surface area contributed by atoms with Gasteiger partial charge in [0, 0.05) is 43.8 Å². The van der Waals surface area contributed by atoms with E-state index in [1.165, 1.54) is 25.7 Å². The van der Waals surface area contributed by atoms with E-state index in [0.717, 1.165) is 51.9 Å². The molecule has 3 fully saturated rings. The van der Waals surface area contributed by atoms with Crippen LogP contribution in [0.3, 0.4) is 0 Å². The summed E-state index contributed by atoms with van der Waals surface area (Å²) in [4.78, 5) is 17.5. The minimum atomic E-state index is -3.51. The molecular formula is C21H31N3O3S. The van der Waals surface area contributed by atoms with Crippen LogP contribution in [-0.2, 0) is 10.0 Å². The average molecular weight is 406 g/mol. The van der Waals surface area contributed by atoms with Crippen molar-refractivity contribution in [1.29, 1.82) is 0 Å². The SMILES string of the molecule is O=C(c1ccc(S(=O)(=O)NC2CCCC2)cc1)N1CCN(C2CCCC2)CC1. The lowest BCUT2D eigenvalue weighted by Gasteiger charge is -2.38. The lowest BCUT2D eigenvalue weighted by Crippen LogP contribution is -2.51. The van der Waals surface area contributed by atoms with Crippen molar-refractivity contribution in [2.45, 2.75) is 68.3 Å². The Morgan fingerprint density at radius 1 is 0.857 bits per heavy atom. The van der Waals surface area contributed by atoms with Crippen LogP contribution < -0.4 is 4.72 Å². The number of carbonyl (C=O) groups is 1. The topological polar surface area (TPSA) is 69.7 Å². The Morgan fingerprint density at radius 2 is 1.43 bits per heavy atom. The van der Waals surface area contributed by atoms with Crippen molar-refractivity contribution in [1.82, 2.24) is 14.5 Å². The number of carbonyl (C=O) groups excluding carboxylic acids is 1. The van der Waals surface area contributed by atoms with Gasteiger partial charge in [0.1, 0.15) is 0 Å². The van der Waals surface area contributed by atoms with Gasteiger partial charge in [-0.25, -0.2) is 13.1 Å². The fourth-order valence-corrected chi connectivity index (χ4v) is 6.15. The van der Waals surface area contributed by atoms with Crippen LogP contribution in [0.1, 0.15) is 61.7 Å². The third-order valence-electron chi connectivity index (χ3n) is 6.53. The van der Waals surface area contributed by atoms with Crippen LogP contribution >= 0.6 is 0 Å². The Kier molecular flexibility index (Phi) is 6.04. The van der Waals surface area contributed by atoms with E-state index in [2.05, 4.69) is 9.62 Å². The summed E-state index contributed by atoms with van der Waals surface area (Å²) in [7, 11) is -3.51. The summed E-state index contributed by atoms with van der Waals surface area (Å²) >= 11 is 0. The second-order valence-corrected chi connectivity index (χ2v) is 10.1. The molecule has 6 nitrogen and oxygen atoms in total. The Labute approximate surface area is 168 Å². The molecule has 0 bridgehead atoms. The molecule has 1 saturated heterocycles. The quantitative estimate of drug-likeness (QED) is 0.818. The Balaban J connectivity index is 1.35. The van der Waals surface area contributed by atoms with E-state index >= 15 is 0 Å². The molecule has 0 radical (unpaired) electrons. The van der Waals surface area contributed by atoms with Gasteiger partial charge in [-0.3, -0.25) is 9.69 Å². The molecule has 1 aromatic rings. The van der Waals surface area contributed by atoms with Crippen LogP contribution in [0.15, 0.2) is 29.2 Å². The Hall–Kier alpha value is -1.44. The first-order valence-corrected chi connectivity index (χ1v) is 12.2. The molecule has 1 aliphatic heterocycles. The van der Waals surface area contributed by atoms with Crippen LogP contribution in [0.2, 0.25) is 0 Å². The van der Waals surface area contributed by atoms with Crippen molar-refractivity contribution in [2.75, 3.05) is 26.2 Å².